The summed E-state index contributed by atoms with van der Waals surface area (Å²) in [5, 5.41) is 6.40. The Kier molecular flexibility index (Phi) is 6.02. The molecule has 22 heavy (non-hydrogen) atoms. The van der Waals surface area contributed by atoms with Gasteiger partial charge >= 0.3 is 6.18 Å². The van der Waals surface area contributed by atoms with Crippen LogP contribution >= 0.6 is 12.2 Å². The van der Waals surface area contributed by atoms with Gasteiger partial charge in [-0.05, 0) is 62.4 Å². The summed E-state index contributed by atoms with van der Waals surface area (Å²) >= 11 is 5.15. The van der Waals surface area contributed by atoms with Crippen molar-refractivity contribution in [3.63, 3.8) is 0 Å². The Labute approximate surface area is 133 Å². The molecule has 0 aromatic heterocycles. The van der Waals surface area contributed by atoms with Gasteiger partial charge in [0.15, 0.2) is 5.11 Å². The first-order valence-corrected chi connectivity index (χ1v) is 7.80. The van der Waals surface area contributed by atoms with E-state index in [-0.39, 0.29) is 0 Å². The molecule has 0 spiro atoms. The van der Waals surface area contributed by atoms with Crippen LogP contribution in [0.25, 0.3) is 0 Å². The molecule has 0 bridgehead atoms. The lowest BCUT2D eigenvalue weighted by Gasteiger charge is -2.26. The van der Waals surface area contributed by atoms with Gasteiger partial charge in [-0.3, -0.25) is 0 Å². The zero-order chi connectivity index (χ0) is 16.0. The lowest BCUT2D eigenvalue weighted by Crippen LogP contribution is -2.39. The van der Waals surface area contributed by atoms with Crippen molar-refractivity contribution >= 4 is 23.0 Å². The largest absolute Gasteiger partial charge is 0.416 e. The van der Waals surface area contributed by atoms with E-state index in [1.807, 2.05) is 0 Å². The van der Waals surface area contributed by atoms with Crippen LogP contribution in [0.5, 0.6) is 0 Å². The molecule has 1 aliphatic rings. The molecule has 2 rings (SSSR count). The highest BCUT2D eigenvalue weighted by molar-refractivity contribution is 7.80. The van der Waals surface area contributed by atoms with Crippen LogP contribution in [-0.2, 0) is 6.18 Å². The van der Waals surface area contributed by atoms with E-state index in [1.54, 1.807) is 0 Å². The number of anilines is 1. The summed E-state index contributed by atoms with van der Waals surface area (Å²) in [7, 11) is 0. The van der Waals surface area contributed by atoms with Crippen molar-refractivity contribution in [1.82, 2.24) is 10.2 Å². The lowest BCUT2D eigenvalue weighted by molar-refractivity contribution is -0.137. The monoisotopic (exact) mass is 331 g/mol. The minimum atomic E-state index is -4.31. The van der Waals surface area contributed by atoms with Crippen LogP contribution in [0, 0.1) is 0 Å². The maximum atomic E-state index is 12.5. The maximum absolute atomic E-state index is 12.5. The highest BCUT2D eigenvalue weighted by Crippen LogP contribution is 2.29. The number of hydrogen-bond acceptors (Lipinski definition) is 2. The summed E-state index contributed by atoms with van der Waals surface area (Å²) in [5.41, 5.74) is -0.120. The molecule has 1 fully saturated rings. The van der Waals surface area contributed by atoms with E-state index in [4.69, 9.17) is 12.2 Å². The highest BCUT2D eigenvalue weighted by atomic mass is 32.1. The summed E-state index contributed by atoms with van der Waals surface area (Å²) in [4.78, 5) is 2.39. The quantitative estimate of drug-likeness (QED) is 0.826. The Hall–Kier alpha value is -1.34. The van der Waals surface area contributed by atoms with Gasteiger partial charge in [0.1, 0.15) is 0 Å². The topological polar surface area (TPSA) is 27.3 Å². The van der Waals surface area contributed by atoms with Crippen LogP contribution in [-0.4, -0.2) is 36.2 Å². The molecular formula is C15H20F3N3S. The minimum Gasteiger partial charge on any atom is -0.361 e. The molecule has 1 aromatic rings. The first-order chi connectivity index (χ1) is 10.4. The van der Waals surface area contributed by atoms with Gasteiger partial charge in [0, 0.05) is 18.8 Å². The molecular weight excluding hydrogens is 311 g/mol. The third-order valence-corrected chi connectivity index (χ3v) is 3.88. The van der Waals surface area contributed by atoms with Crippen molar-refractivity contribution in [3.8, 4) is 0 Å². The Bertz CT molecular complexity index is 482. The van der Waals surface area contributed by atoms with E-state index in [0.717, 1.165) is 38.3 Å². The molecule has 1 saturated heterocycles. The number of hydrogen-bond donors (Lipinski definition) is 2. The average Bonchev–Trinajstić information content (AvgIpc) is 2.48. The van der Waals surface area contributed by atoms with E-state index in [2.05, 4.69) is 15.5 Å². The van der Waals surface area contributed by atoms with Crippen LogP contribution in [0.4, 0.5) is 18.9 Å². The Balaban J connectivity index is 1.72. The average molecular weight is 331 g/mol. The molecule has 0 aliphatic carbocycles. The first kappa shape index (κ1) is 17.0. The zero-order valence-corrected chi connectivity index (χ0v) is 13.1. The minimum absolute atomic E-state index is 0.428. The van der Waals surface area contributed by atoms with Crippen molar-refractivity contribution in [2.75, 3.05) is 31.5 Å². The van der Waals surface area contributed by atoms with E-state index >= 15 is 0 Å². The number of rotatable bonds is 4. The van der Waals surface area contributed by atoms with Gasteiger partial charge in [0.2, 0.25) is 0 Å². The first-order valence-electron chi connectivity index (χ1n) is 7.39. The predicted octanol–water partition coefficient (Wildman–Crippen LogP) is 3.48. The fourth-order valence-corrected chi connectivity index (χ4v) is 2.65. The van der Waals surface area contributed by atoms with Gasteiger partial charge in [-0.25, -0.2) is 0 Å². The predicted molar refractivity (Wildman–Crippen MR) is 86.0 cm³/mol. The van der Waals surface area contributed by atoms with Crippen molar-refractivity contribution in [1.29, 1.82) is 0 Å². The number of thiocarbonyl (C=S) groups is 1. The normalized spacial score (nSPS) is 16.3. The van der Waals surface area contributed by atoms with E-state index in [1.165, 1.54) is 31.4 Å². The number of likely N-dealkylation sites (tertiary alicyclic amines) is 1. The van der Waals surface area contributed by atoms with Gasteiger partial charge in [0.25, 0.3) is 0 Å². The van der Waals surface area contributed by atoms with Crippen LogP contribution in [0.1, 0.15) is 24.8 Å². The summed E-state index contributed by atoms with van der Waals surface area (Å²) < 4.78 is 37.4. The van der Waals surface area contributed by atoms with Crippen LogP contribution in [0.2, 0.25) is 0 Å². The third kappa shape index (κ3) is 5.46. The molecule has 0 unspecified atom stereocenters. The second-order valence-corrected chi connectivity index (χ2v) is 5.77. The van der Waals surface area contributed by atoms with E-state index in [9.17, 15) is 13.2 Å². The van der Waals surface area contributed by atoms with Crippen molar-refractivity contribution < 1.29 is 13.2 Å². The van der Waals surface area contributed by atoms with Crippen molar-refractivity contribution in [3.05, 3.63) is 29.8 Å². The summed E-state index contributed by atoms with van der Waals surface area (Å²) in [6, 6.07) is 4.83. The number of alkyl halides is 3. The zero-order valence-electron chi connectivity index (χ0n) is 12.2. The van der Waals surface area contributed by atoms with Crippen molar-refractivity contribution in [2.24, 2.45) is 0 Å². The van der Waals surface area contributed by atoms with E-state index < -0.39 is 11.7 Å². The van der Waals surface area contributed by atoms with Gasteiger partial charge < -0.3 is 15.5 Å². The SMILES string of the molecule is FC(F)(F)c1ccc(NC(=S)NCCN2CCCCC2)cc1. The maximum Gasteiger partial charge on any atom is 0.416 e. The van der Waals surface area contributed by atoms with Gasteiger partial charge in [-0.1, -0.05) is 6.42 Å². The molecule has 122 valence electrons. The molecule has 0 amide bonds. The fraction of sp³-hybridized carbons (Fsp3) is 0.533. The summed E-state index contributed by atoms with van der Waals surface area (Å²) in [5.74, 6) is 0. The second-order valence-electron chi connectivity index (χ2n) is 5.36. The standard InChI is InChI=1S/C15H20F3N3S/c16-15(17,18)12-4-6-13(7-5-12)20-14(22)19-8-11-21-9-2-1-3-10-21/h4-7H,1-3,8-11H2,(H2,19,20,22). The number of halogens is 3. The molecule has 2 N–H and O–H groups in total. The third-order valence-electron chi connectivity index (χ3n) is 3.63. The second kappa shape index (κ2) is 7.78. The van der Waals surface area contributed by atoms with Crippen LogP contribution in [0.15, 0.2) is 24.3 Å². The molecule has 3 nitrogen and oxygen atoms in total. The molecule has 0 radical (unpaired) electrons. The Morgan fingerprint density at radius 2 is 1.73 bits per heavy atom. The molecule has 7 heteroatoms. The number of benzene rings is 1. The molecule has 0 atom stereocenters. The molecule has 1 aliphatic heterocycles. The Morgan fingerprint density at radius 1 is 1.09 bits per heavy atom. The van der Waals surface area contributed by atoms with Crippen LogP contribution < -0.4 is 10.6 Å². The van der Waals surface area contributed by atoms with Crippen molar-refractivity contribution in [2.45, 2.75) is 25.4 Å². The summed E-state index contributed by atoms with van der Waals surface area (Å²) in [6.07, 6.45) is -0.522. The lowest BCUT2D eigenvalue weighted by atomic mass is 10.1. The summed E-state index contributed by atoms with van der Waals surface area (Å²) in [6.45, 7) is 3.91. The smallest absolute Gasteiger partial charge is 0.361 e. The van der Waals surface area contributed by atoms with Gasteiger partial charge in [0.05, 0.1) is 5.56 Å². The molecule has 1 heterocycles. The number of nitrogens with zero attached hydrogens (tertiary/aromatic N) is 1. The molecule has 0 saturated carbocycles. The highest BCUT2D eigenvalue weighted by Gasteiger charge is 2.29. The van der Waals surface area contributed by atoms with Crippen LogP contribution in [0.3, 0.4) is 0 Å². The Morgan fingerprint density at radius 3 is 2.32 bits per heavy atom. The fourth-order valence-electron chi connectivity index (χ4n) is 2.43. The van der Waals surface area contributed by atoms with Gasteiger partial charge in [-0.2, -0.15) is 13.2 Å². The molecule has 1 aromatic carbocycles. The number of nitrogens with one attached hydrogen (secondary N) is 2. The van der Waals surface area contributed by atoms with Gasteiger partial charge in [-0.15, -0.1) is 0 Å². The number of piperidine rings is 1. The van der Waals surface area contributed by atoms with E-state index in [0.29, 0.717) is 10.8 Å².